The van der Waals surface area contributed by atoms with E-state index < -0.39 is 12.0 Å². The van der Waals surface area contributed by atoms with Crippen molar-refractivity contribution in [2.75, 3.05) is 0 Å². The van der Waals surface area contributed by atoms with E-state index in [1.807, 2.05) is 0 Å². The molecule has 2 aliphatic rings. The molecule has 5 nitrogen and oxygen atoms in total. The van der Waals surface area contributed by atoms with Crippen LogP contribution in [0.3, 0.4) is 0 Å². The van der Waals surface area contributed by atoms with Crippen molar-refractivity contribution in [1.82, 2.24) is 0 Å². The maximum absolute atomic E-state index is 12.5. The van der Waals surface area contributed by atoms with Crippen LogP contribution in [0.4, 0.5) is 0 Å². The van der Waals surface area contributed by atoms with E-state index in [1.165, 1.54) is 6.26 Å². The minimum absolute atomic E-state index is 0.0237. The molecule has 19 heavy (non-hydrogen) atoms. The van der Waals surface area contributed by atoms with E-state index in [2.05, 4.69) is 13.8 Å². The molecule has 0 amide bonds. The van der Waals surface area contributed by atoms with Crippen molar-refractivity contribution in [2.24, 2.45) is 23.5 Å². The number of hydrogen-bond acceptors (Lipinski definition) is 4. The molecule has 5 atom stereocenters. The summed E-state index contributed by atoms with van der Waals surface area (Å²) >= 11 is 0. The Morgan fingerprint density at radius 2 is 2.21 bits per heavy atom. The summed E-state index contributed by atoms with van der Waals surface area (Å²) in [4.78, 5) is 23.2. The lowest BCUT2D eigenvalue weighted by Crippen LogP contribution is -2.46. The number of hydrogen-bond donors (Lipinski definition) is 2. The van der Waals surface area contributed by atoms with Gasteiger partial charge in [0.25, 0.3) is 0 Å². The number of nitrogens with two attached hydrogens (primary N) is 1. The zero-order valence-corrected chi connectivity index (χ0v) is 11.3. The van der Waals surface area contributed by atoms with Crippen molar-refractivity contribution >= 4 is 11.8 Å². The minimum Gasteiger partial charge on any atom is -0.497 e. The van der Waals surface area contributed by atoms with Crippen LogP contribution in [0, 0.1) is 17.8 Å². The van der Waals surface area contributed by atoms with Crippen LogP contribution in [0.2, 0.25) is 0 Å². The first kappa shape index (κ1) is 14.1. The van der Waals surface area contributed by atoms with Gasteiger partial charge in [0.2, 0.25) is 0 Å². The number of carbonyl (C=O) groups is 2. The second kappa shape index (κ2) is 5.33. The molecule has 0 bridgehead atoms. The number of fused-ring (bicyclic) bond motifs is 1. The van der Waals surface area contributed by atoms with Crippen LogP contribution in [0.15, 0.2) is 11.8 Å². The van der Waals surface area contributed by atoms with Gasteiger partial charge in [0, 0.05) is 11.6 Å². The number of Topliss-reactive ketones (excluding diaryl/α,β-unsaturated/α-hetero) is 1. The summed E-state index contributed by atoms with van der Waals surface area (Å²) in [6.07, 6.45) is 2.94. The summed E-state index contributed by atoms with van der Waals surface area (Å²) in [5, 5.41) is 8.76. The van der Waals surface area contributed by atoms with Gasteiger partial charge in [-0.25, -0.2) is 0 Å². The van der Waals surface area contributed by atoms with Gasteiger partial charge >= 0.3 is 5.97 Å². The van der Waals surface area contributed by atoms with Gasteiger partial charge in [0.05, 0.1) is 18.6 Å². The van der Waals surface area contributed by atoms with E-state index in [9.17, 15) is 9.59 Å². The van der Waals surface area contributed by atoms with Gasteiger partial charge < -0.3 is 15.6 Å². The van der Waals surface area contributed by atoms with Crippen molar-refractivity contribution in [3.63, 3.8) is 0 Å². The van der Waals surface area contributed by atoms with E-state index in [4.69, 9.17) is 15.6 Å². The lowest BCUT2D eigenvalue weighted by Gasteiger charge is -2.41. The van der Waals surface area contributed by atoms with Crippen LogP contribution in [0.25, 0.3) is 0 Å². The van der Waals surface area contributed by atoms with Gasteiger partial charge in [-0.1, -0.05) is 13.8 Å². The molecular formula is C14H21NO4. The highest BCUT2D eigenvalue weighted by molar-refractivity contribution is 5.99. The fourth-order valence-electron chi connectivity index (χ4n) is 3.33. The van der Waals surface area contributed by atoms with Crippen LogP contribution in [-0.4, -0.2) is 29.0 Å². The van der Waals surface area contributed by atoms with E-state index >= 15 is 0 Å². The monoisotopic (exact) mass is 267 g/mol. The number of aliphatic carboxylic acids is 1. The third-order valence-corrected chi connectivity index (χ3v) is 4.17. The van der Waals surface area contributed by atoms with Crippen LogP contribution in [0.1, 0.15) is 33.1 Å². The third kappa shape index (κ3) is 2.81. The van der Waals surface area contributed by atoms with Gasteiger partial charge in [-0.05, 0) is 24.7 Å². The average Bonchev–Trinajstić information content (AvgIpc) is 2.26. The molecule has 1 fully saturated rings. The number of carboxylic acids is 1. The Hall–Kier alpha value is -1.36. The van der Waals surface area contributed by atoms with Crippen molar-refractivity contribution < 1.29 is 19.4 Å². The molecule has 1 saturated carbocycles. The molecule has 0 aromatic heterocycles. The average molecular weight is 267 g/mol. The summed E-state index contributed by atoms with van der Waals surface area (Å²) < 4.78 is 5.65. The van der Waals surface area contributed by atoms with Crippen molar-refractivity contribution in [3.8, 4) is 0 Å². The molecule has 0 aromatic rings. The Bertz CT molecular complexity index is 418. The lowest BCUT2D eigenvalue weighted by molar-refractivity contribution is -0.137. The van der Waals surface area contributed by atoms with Crippen LogP contribution in [-0.2, 0) is 14.3 Å². The summed E-state index contributed by atoms with van der Waals surface area (Å²) in [5.74, 6) is -0.400. The number of carboxylic acid groups (broad SMARTS) is 1. The first-order chi connectivity index (χ1) is 8.90. The molecule has 0 spiro atoms. The van der Waals surface area contributed by atoms with E-state index in [0.717, 1.165) is 12.8 Å². The predicted octanol–water partition coefficient (Wildman–Crippen LogP) is 1.32. The molecule has 1 heterocycles. The maximum Gasteiger partial charge on any atom is 0.305 e. The van der Waals surface area contributed by atoms with Crippen molar-refractivity contribution in [3.05, 3.63) is 11.8 Å². The minimum atomic E-state index is -1.01. The molecule has 2 rings (SSSR count). The molecule has 3 N–H and O–H groups in total. The number of carbonyl (C=O) groups excluding carboxylic acids is 1. The highest BCUT2D eigenvalue weighted by Gasteiger charge is 2.44. The molecule has 0 saturated heterocycles. The normalized spacial score (nSPS) is 35.9. The van der Waals surface area contributed by atoms with Crippen molar-refractivity contribution in [2.45, 2.75) is 45.3 Å². The third-order valence-electron chi connectivity index (χ3n) is 4.17. The Morgan fingerprint density at radius 3 is 2.84 bits per heavy atom. The standard InChI is InChI=1S/C14H21NO4/c1-7-3-8(2)13-11(4-7)19-6-9(14(13)18)10(15)5-12(16)17/h6-8,10-11,13H,3-5,15H2,1-2H3,(H,16,17). The Balaban J connectivity index is 2.17. The molecule has 1 aliphatic carbocycles. The van der Waals surface area contributed by atoms with Gasteiger partial charge in [0.15, 0.2) is 5.78 Å². The maximum atomic E-state index is 12.5. The molecule has 106 valence electrons. The highest BCUT2D eigenvalue weighted by Crippen LogP contribution is 2.40. The van der Waals surface area contributed by atoms with Gasteiger partial charge in [-0.2, -0.15) is 0 Å². The fraction of sp³-hybridized carbons (Fsp3) is 0.714. The Morgan fingerprint density at radius 1 is 1.53 bits per heavy atom. The highest BCUT2D eigenvalue weighted by atomic mass is 16.5. The summed E-state index contributed by atoms with van der Waals surface area (Å²) in [6, 6.07) is -0.780. The van der Waals surface area contributed by atoms with E-state index in [-0.39, 0.29) is 30.1 Å². The second-order valence-corrected chi connectivity index (χ2v) is 5.90. The topological polar surface area (TPSA) is 89.6 Å². The Labute approximate surface area is 112 Å². The molecule has 5 heteroatoms. The van der Waals surface area contributed by atoms with Gasteiger partial charge in [-0.3, -0.25) is 9.59 Å². The van der Waals surface area contributed by atoms with Crippen molar-refractivity contribution in [1.29, 1.82) is 0 Å². The molecule has 0 aromatic carbocycles. The summed E-state index contributed by atoms with van der Waals surface area (Å²) in [7, 11) is 0. The molecule has 5 unspecified atom stereocenters. The van der Waals surface area contributed by atoms with Gasteiger partial charge in [-0.15, -0.1) is 0 Å². The molecule has 0 radical (unpaired) electrons. The smallest absolute Gasteiger partial charge is 0.305 e. The number of rotatable bonds is 3. The quantitative estimate of drug-likeness (QED) is 0.805. The Kier molecular flexibility index (Phi) is 3.94. The lowest BCUT2D eigenvalue weighted by atomic mass is 9.69. The molecular weight excluding hydrogens is 246 g/mol. The summed E-state index contributed by atoms with van der Waals surface area (Å²) in [5.41, 5.74) is 6.11. The summed E-state index contributed by atoms with van der Waals surface area (Å²) in [6.45, 7) is 4.22. The molecule has 1 aliphatic heterocycles. The van der Waals surface area contributed by atoms with E-state index in [0.29, 0.717) is 11.5 Å². The largest absolute Gasteiger partial charge is 0.497 e. The van der Waals surface area contributed by atoms with Crippen LogP contribution >= 0.6 is 0 Å². The SMILES string of the molecule is CC1CC(C)C2C(=O)C(C(N)CC(=O)O)=COC2C1. The predicted molar refractivity (Wildman–Crippen MR) is 69.2 cm³/mol. The number of ether oxygens (including phenoxy) is 1. The zero-order valence-electron chi connectivity index (χ0n) is 11.3. The second-order valence-electron chi connectivity index (χ2n) is 5.90. The van der Waals surface area contributed by atoms with Crippen LogP contribution < -0.4 is 5.73 Å². The zero-order chi connectivity index (χ0) is 14.2. The van der Waals surface area contributed by atoms with E-state index in [1.54, 1.807) is 0 Å². The fourth-order valence-corrected chi connectivity index (χ4v) is 3.33. The van der Waals surface area contributed by atoms with Gasteiger partial charge in [0.1, 0.15) is 6.10 Å². The first-order valence-corrected chi connectivity index (χ1v) is 6.77. The number of ketones is 1. The van der Waals surface area contributed by atoms with Crippen LogP contribution in [0.5, 0.6) is 0 Å². The first-order valence-electron chi connectivity index (χ1n) is 6.77.